The monoisotopic (exact) mass is 326 g/mol. The lowest BCUT2D eigenvalue weighted by Crippen LogP contribution is -2.00. The Morgan fingerprint density at radius 1 is 1.33 bits per heavy atom. The Labute approximate surface area is 119 Å². The van der Waals surface area contributed by atoms with E-state index in [1.54, 1.807) is 18.3 Å². The third-order valence-corrected chi connectivity index (χ3v) is 4.21. The fourth-order valence-electron chi connectivity index (χ4n) is 1.70. The highest BCUT2D eigenvalue weighted by Gasteiger charge is 2.10. The van der Waals surface area contributed by atoms with Gasteiger partial charge >= 0.3 is 0 Å². The van der Waals surface area contributed by atoms with E-state index in [9.17, 15) is 5.11 Å². The van der Waals surface area contributed by atoms with Gasteiger partial charge < -0.3 is 9.84 Å². The molecule has 0 amide bonds. The summed E-state index contributed by atoms with van der Waals surface area (Å²) in [6.07, 6.45) is -0.519. The normalized spacial score (nSPS) is 12.4. The van der Waals surface area contributed by atoms with Gasteiger partial charge in [-0.1, -0.05) is 11.6 Å². The number of halogens is 1. The first-order valence-electron chi connectivity index (χ1n) is 5.72. The van der Waals surface area contributed by atoms with E-state index in [1.807, 2.05) is 37.3 Å². The van der Waals surface area contributed by atoms with Crippen molar-refractivity contribution in [3.63, 3.8) is 0 Å². The van der Waals surface area contributed by atoms with E-state index in [4.69, 9.17) is 4.74 Å². The zero-order valence-electron chi connectivity index (χ0n) is 10.3. The van der Waals surface area contributed by atoms with Gasteiger partial charge in [0, 0.05) is 10.4 Å². The van der Waals surface area contributed by atoms with Crippen molar-refractivity contribution in [2.45, 2.75) is 26.6 Å². The van der Waals surface area contributed by atoms with Crippen LogP contribution in [-0.4, -0.2) is 5.11 Å². The average Bonchev–Trinajstić information content (AvgIpc) is 2.73. The summed E-state index contributed by atoms with van der Waals surface area (Å²) >= 11 is 5.08. The van der Waals surface area contributed by atoms with E-state index in [1.165, 1.54) is 0 Å². The molecule has 1 heterocycles. The van der Waals surface area contributed by atoms with Crippen LogP contribution in [0.3, 0.4) is 0 Å². The molecule has 0 spiro atoms. The van der Waals surface area contributed by atoms with Crippen LogP contribution >= 0.6 is 27.3 Å². The van der Waals surface area contributed by atoms with Crippen LogP contribution in [0.15, 0.2) is 34.1 Å². The van der Waals surface area contributed by atoms with Crippen molar-refractivity contribution in [3.8, 4) is 5.75 Å². The molecule has 0 saturated heterocycles. The molecule has 4 heteroatoms. The third kappa shape index (κ3) is 3.34. The Hall–Kier alpha value is -0.840. The summed E-state index contributed by atoms with van der Waals surface area (Å²) in [5.41, 5.74) is 1.96. The van der Waals surface area contributed by atoms with E-state index in [0.29, 0.717) is 6.61 Å². The first-order valence-corrected chi connectivity index (χ1v) is 7.33. The SMILES string of the molecule is Cc1ccc(OCc2ccc(Br)s2)c([C@H](C)O)c1. The Morgan fingerprint density at radius 2 is 2.11 bits per heavy atom. The lowest BCUT2D eigenvalue weighted by atomic mass is 10.1. The molecule has 0 unspecified atom stereocenters. The van der Waals surface area contributed by atoms with Gasteiger partial charge in [0.15, 0.2) is 0 Å². The number of ether oxygens (including phenoxy) is 1. The van der Waals surface area contributed by atoms with Crippen molar-refractivity contribution in [1.82, 2.24) is 0 Å². The number of benzene rings is 1. The van der Waals surface area contributed by atoms with Gasteiger partial charge in [-0.3, -0.25) is 0 Å². The van der Waals surface area contributed by atoms with Crippen LogP contribution in [0, 0.1) is 6.92 Å². The molecule has 2 aromatic rings. The van der Waals surface area contributed by atoms with E-state index in [-0.39, 0.29) is 0 Å². The number of rotatable bonds is 4. The topological polar surface area (TPSA) is 29.5 Å². The Kier molecular flexibility index (Phi) is 4.43. The maximum absolute atomic E-state index is 9.75. The predicted octanol–water partition coefficient (Wildman–Crippen LogP) is 4.45. The van der Waals surface area contributed by atoms with Crippen LogP contribution in [0.4, 0.5) is 0 Å². The van der Waals surface area contributed by atoms with Gasteiger partial charge in [-0.25, -0.2) is 0 Å². The number of aryl methyl sites for hydroxylation is 1. The average molecular weight is 327 g/mol. The molecular weight excluding hydrogens is 312 g/mol. The van der Waals surface area contributed by atoms with Crippen LogP contribution in [0.2, 0.25) is 0 Å². The molecule has 0 aliphatic carbocycles. The number of hydrogen-bond acceptors (Lipinski definition) is 3. The second-order valence-corrected chi connectivity index (χ2v) is 6.76. The minimum absolute atomic E-state index is 0.519. The summed E-state index contributed by atoms with van der Waals surface area (Å²) in [6, 6.07) is 9.91. The van der Waals surface area contributed by atoms with Crippen molar-refractivity contribution in [2.75, 3.05) is 0 Å². The molecule has 0 radical (unpaired) electrons. The maximum atomic E-state index is 9.75. The van der Waals surface area contributed by atoms with Crippen LogP contribution in [0.1, 0.15) is 29.0 Å². The number of thiophene rings is 1. The molecule has 1 N–H and O–H groups in total. The molecular formula is C14H15BrO2S. The first kappa shape index (κ1) is 13.6. The van der Waals surface area contributed by atoms with Gasteiger partial charge in [0.2, 0.25) is 0 Å². The summed E-state index contributed by atoms with van der Waals surface area (Å²) < 4.78 is 6.88. The maximum Gasteiger partial charge on any atom is 0.125 e. The van der Waals surface area contributed by atoms with Crippen molar-refractivity contribution in [3.05, 3.63) is 50.1 Å². The van der Waals surface area contributed by atoms with Crippen molar-refractivity contribution < 1.29 is 9.84 Å². The molecule has 2 nitrogen and oxygen atoms in total. The highest BCUT2D eigenvalue weighted by Crippen LogP contribution is 2.28. The summed E-state index contributed by atoms with van der Waals surface area (Å²) in [4.78, 5) is 1.15. The Morgan fingerprint density at radius 3 is 2.72 bits per heavy atom. The van der Waals surface area contributed by atoms with Crippen molar-refractivity contribution >= 4 is 27.3 Å². The molecule has 0 fully saturated rings. The van der Waals surface area contributed by atoms with Gasteiger partial charge in [0.1, 0.15) is 12.4 Å². The van der Waals surface area contributed by atoms with Crippen molar-refractivity contribution in [1.29, 1.82) is 0 Å². The number of aliphatic hydroxyl groups is 1. The van der Waals surface area contributed by atoms with Gasteiger partial charge in [-0.05, 0) is 54.0 Å². The lowest BCUT2D eigenvalue weighted by molar-refractivity contribution is 0.190. The predicted molar refractivity (Wildman–Crippen MR) is 78.2 cm³/mol. The molecule has 0 aliphatic heterocycles. The van der Waals surface area contributed by atoms with E-state index < -0.39 is 6.10 Å². The summed E-state index contributed by atoms with van der Waals surface area (Å²) in [5, 5.41) is 9.75. The third-order valence-electron chi connectivity index (χ3n) is 2.61. The minimum atomic E-state index is -0.519. The minimum Gasteiger partial charge on any atom is -0.488 e. The summed E-state index contributed by atoms with van der Waals surface area (Å²) in [7, 11) is 0. The van der Waals surface area contributed by atoms with Gasteiger partial charge in [0.05, 0.1) is 9.89 Å². The lowest BCUT2D eigenvalue weighted by Gasteiger charge is -2.13. The molecule has 0 saturated carbocycles. The zero-order chi connectivity index (χ0) is 13.1. The number of aliphatic hydroxyl groups excluding tert-OH is 1. The highest BCUT2D eigenvalue weighted by molar-refractivity contribution is 9.11. The summed E-state index contributed by atoms with van der Waals surface area (Å²) in [5.74, 6) is 0.750. The first-order chi connectivity index (χ1) is 8.56. The van der Waals surface area contributed by atoms with Gasteiger partial charge in [0.25, 0.3) is 0 Å². The second-order valence-electron chi connectivity index (χ2n) is 4.21. The van der Waals surface area contributed by atoms with Gasteiger partial charge in [-0.2, -0.15) is 0 Å². The molecule has 2 rings (SSSR count). The fourth-order valence-corrected chi connectivity index (χ4v) is 3.10. The molecule has 1 atom stereocenters. The fraction of sp³-hybridized carbons (Fsp3) is 0.286. The quantitative estimate of drug-likeness (QED) is 0.899. The smallest absolute Gasteiger partial charge is 0.125 e. The van der Waals surface area contributed by atoms with E-state index in [0.717, 1.165) is 25.5 Å². The molecule has 0 aliphatic rings. The van der Waals surface area contributed by atoms with Crippen molar-refractivity contribution in [2.24, 2.45) is 0 Å². The molecule has 0 bridgehead atoms. The van der Waals surface area contributed by atoms with Crippen LogP contribution in [0.25, 0.3) is 0 Å². The van der Waals surface area contributed by atoms with E-state index in [2.05, 4.69) is 15.9 Å². The van der Waals surface area contributed by atoms with Crippen LogP contribution < -0.4 is 4.74 Å². The Balaban J connectivity index is 2.13. The number of hydrogen-bond donors (Lipinski definition) is 1. The second kappa shape index (κ2) is 5.87. The highest BCUT2D eigenvalue weighted by atomic mass is 79.9. The van der Waals surface area contributed by atoms with Crippen LogP contribution in [-0.2, 0) is 6.61 Å². The molecule has 1 aromatic heterocycles. The molecule has 96 valence electrons. The largest absolute Gasteiger partial charge is 0.488 e. The molecule has 18 heavy (non-hydrogen) atoms. The van der Waals surface area contributed by atoms with Gasteiger partial charge in [-0.15, -0.1) is 11.3 Å². The standard InChI is InChI=1S/C14H15BrO2S/c1-9-3-5-13(12(7-9)10(2)16)17-8-11-4-6-14(15)18-11/h3-7,10,16H,8H2,1-2H3/t10-/m0/s1. The Bertz CT molecular complexity index is 534. The van der Waals surface area contributed by atoms with Crippen LogP contribution in [0.5, 0.6) is 5.75 Å². The summed E-state index contributed by atoms with van der Waals surface area (Å²) in [6.45, 7) is 4.29. The zero-order valence-corrected chi connectivity index (χ0v) is 12.7. The van der Waals surface area contributed by atoms with E-state index >= 15 is 0 Å². The molecule has 1 aromatic carbocycles.